The normalized spacial score (nSPS) is 19.4. The van der Waals surface area contributed by atoms with Gasteiger partial charge in [0, 0.05) is 13.1 Å². The summed E-state index contributed by atoms with van der Waals surface area (Å²) in [6.07, 6.45) is 4.39. The van der Waals surface area contributed by atoms with Gasteiger partial charge in [-0.3, -0.25) is 4.79 Å². The van der Waals surface area contributed by atoms with Crippen molar-refractivity contribution < 1.29 is 4.79 Å². The van der Waals surface area contributed by atoms with Crippen LogP contribution in [0.2, 0.25) is 0 Å². The lowest BCUT2D eigenvalue weighted by Crippen LogP contribution is -2.45. The fourth-order valence-corrected chi connectivity index (χ4v) is 2.88. The topological polar surface area (TPSA) is 61.6 Å². The van der Waals surface area contributed by atoms with Crippen LogP contribution < -0.4 is 11.1 Å². The van der Waals surface area contributed by atoms with Gasteiger partial charge in [-0.15, -0.1) is 0 Å². The highest BCUT2D eigenvalue weighted by molar-refractivity contribution is 5.79. The Labute approximate surface area is 123 Å². The van der Waals surface area contributed by atoms with E-state index in [4.69, 9.17) is 5.73 Å². The van der Waals surface area contributed by atoms with Gasteiger partial charge in [0.05, 0.1) is 6.04 Å². The molecule has 0 aromatic rings. The van der Waals surface area contributed by atoms with E-state index in [1.54, 1.807) is 0 Å². The standard InChI is InChI=1S/C15H32N4O/c1-4-8-17-14(15(16)20)7-11-19-9-5-13(6-10-19)12-18(2)3/h13-14,17H,4-12H2,1-3H3,(H2,16,20). The number of amides is 1. The predicted molar refractivity (Wildman–Crippen MR) is 83.6 cm³/mol. The summed E-state index contributed by atoms with van der Waals surface area (Å²) in [6, 6.07) is -0.172. The number of carbonyl (C=O) groups is 1. The summed E-state index contributed by atoms with van der Waals surface area (Å²) in [4.78, 5) is 16.1. The molecule has 0 aromatic heterocycles. The Morgan fingerprint density at radius 3 is 2.55 bits per heavy atom. The van der Waals surface area contributed by atoms with Crippen LogP contribution in [-0.2, 0) is 4.79 Å². The van der Waals surface area contributed by atoms with Crippen molar-refractivity contribution in [1.82, 2.24) is 15.1 Å². The number of rotatable bonds is 9. The van der Waals surface area contributed by atoms with E-state index in [1.165, 1.54) is 19.4 Å². The molecule has 0 aliphatic carbocycles. The van der Waals surface area contributed by atoms with Gasteiger partial charge in [-0.25, -0.2) is 0 Å². The maximum absolute atomic E-state index is 11.4. The Kier molecular flexibility index (Phi) is 8.11. The van der Waals surface area contributed by atoms with Gasteiger partial charge in [0.15, 0.2) is 0 Å². The molecule has 1 aliphatic rings. The molecule has 0 bridgehead atoms. The number of nitrogens with zero attached hydrogens (tertiary/aromatic N) is 2. The number of nitrogens with two attached hydrogens (primary N) is 1. The number of hydrogen-bond acceptors (Lipinski definition) is 4. The zero-order valence-electron chi connectivity index (χ0n) is 13.4. The van der Waals surface area contributed by atoms with E-state index in [0.29, 0.717) is 0 Å². The molecule has 20 heavy (non-hydrogen) atoms. The van der Waals surface area contributed by atoms with Crippen LogP contribution in [0.4, 0.5) is 0 Å². The van der Waals surface area contributed by atoms with Gasteiger partial charge in [0.1, 0.15) is 0 Å². The van der Waals surface area contributed by atoms with E-state index in [2.05, 4.69) is 36.1 Å². The largest absolute Gasteiger partial charge is 0.368 e. The molecule has 0 spiro atoms. The van der Waals surface area contributed by atoms with Crippen LogP contribution in [0.1, 0.15) is 32.6 Å². The molecule has 0 aromatic carbocycles. The van der Waals surface area contributed by atoms with Gasteiger partial charge in [-0.05, 0) is 65.3 Å². The Morgan fingerprint density at radius 1 is 1.40 bits per heavy atom. The molecule has 1 unspecified atom stereocenters. The lowest BCUT2D eigenvalue weighted by molar-refractivity contribution is -0.120. The number of carbonyl (C=O) groups excluding carboxylic acids is 1. The molecule has 5 nitrogen and oxygen atoms in total. The number of primary amides is 1. The summed E-state index contributed by atoms with van der Waals surface area (Å²) >= 11 is 0. The summed E-state index contributed by atoms with van der Waals surface area (Å²) in [5.74, 6) is 0.604. The highest BCUT2D eigenvalue weighted by Crippen LogP contribution is 2.17. The maximum atomic E-state index is 11.4. The molecule has 1 rings (SSSR count). The van der Waals surface area contributed by atoms with Gasteiger partial charge < -0.3 is 20.9 Å². The second-order valence-corrected chi connectivity index (χ2v) is 6.25. The minimum atomic E-state index is -0.221. The smallest absolute Gasteiger partial charge is 0.234 e. The van der Waals surface area contributed by atoms with E-state index in [0.717, 1.165) is 44.9 Å². The van der Waals surface area contributed by atoms with Crippen LogP contribution in [0.15, 0.2) is 0 Å². The molecule has 1 aliphatic heterocycles. The van der Waals surface area contributed by atoms with E-state index in [9.17, 15) is 4.79 Å². The Hall–Kier alpha value is -0.650. The maximum Gasteiger partial charge on any atom is 0.234 e. The summed E-state index contributed by atoms with van der Waals surface area (Å²) in [5.41, 5.74) is 5.44. The zero-order chi connectivity index (χ0) is 15.0. The van der Waals surface area contributed by atoms with Crippen molar-refractivity contribution in [2.75, 3.05) is 46.8 Å². The first kappa shape index (κ1) is 17.4. The Balaban J connectivity index is 2.23. The first-order chi connectivity index (χ1) is 9.52. The third-order valence-electron chi connectivity index (χ3n) is 4.05. The minimum Gasteiger partial charge on any atom is -0.368 e. The van der Waals surface area contributed by atoms with E-state index in [1.807, 2.05) is 0 Å². The lowest BCUT2D eigenvalue weighted by atomic mass is 9.96. The van der Waals surface area contributed by atoms with E-state index >= 15 is 0 Å². The van der Waals surface area contributed by atoms with Gasteiger partial charge in [-0.2, -0.15) is 0 Å². The van der Waals surface area contributed by atoms with Crippen LogP contribution in [0, 0.1) is 5.92 Å². The summed E-state index contributed by atoms with van der Waals surface area (Å²) < 4.78 is 0. The van der Waals surface area contributed by atoms with Crippen molar-refractivity contribution in [2.24, 2.45) is 11.7 Å². The van der Waals surface area contributed by atoms with E-state index in [-0.39, 0.29) is 11.9 Å². The molecule has 0 saturated carbocycles. The fraction of sp³-hybridized carbons (Fsp3) is 0.933. The van der Waals surface area contributed by atoms with Crippen molar-refractivity contribution in [2.45, 2.75) is 38.6 Å². The van der Waals surface area contributed by atoms with Crippen molar-refractivity contribution in [3.8, 4) is 0 Å². The highest BCUT2D eigenvalue weighted by atomic mass is 16.1. The second kappa shape index (κ2) is 9.32. The molecule has 118 valence electrons. The van der Waals surface area contributed by atoms with Crippen LogP contribution in [-0.4, -0.2) is 68.6 Å². The molecule has 1 saturated heterocycles. The number of likely N-dealkylation sites (tertiary alicyclic amines) is 1. The molecular weight excluding hydrogens is 252 g/mol. The van der Waals surface area contributed by atoms with E-state index < -0.39 is 0 Å². The number of nitrogens with one attached hydrogen (secondary N) is 1. The molecule has 5 heteroatoms. The fourth-order valence-electron chi connectivity index (χ4n) is 2.88. The Bertz CT molecular complexity index is 275. The second-order valence-electron chi connectivity index (χ2n) is 6.25. The molecular formula is C15H32N4O. The van der Waals surface area contributed by atoms with Gasteiger partial charge in [0.25, 0.3) is 0 Å². The van der Waals surface area contributed by atoms with Crippen molar-refractivity contribution in [1.29, 1.82) is 0 Å². The Morgan fingerprint density at radius 2 is 2.05 bits per heavy atom. The average Bonchev–Trinajstić information content (AvgIpc) is 2.39. The van der Waals surface area contributed by atoms with Gasteiger partial charge in [-0.1, -0.05) is 6.92 Å². The zero-order valence-corrected chi connectivity index (χ0v) is 13.4. The first-order valence-corrected chi connectivity index (χ1v) is 7.92. The SMILES string of the molecule is CCCNC(CCN1CCC(CN(C)C)CC1)C(N)=O. The summed E-state index contributed by atoms with van der Waals surface area (Å²) in [7, 11) is 4.28. The van der Waals surface area contributed by atoms with Crippen molar-refractivity contribution >= 4 is 5.91 Å². The minimum absolute atomic E-state index is 0.172. The molecule has 1 atom stereocenters. The first-order valence-electron chi connectivity index (χ1n) is 7.92. The number of hydrogen-bond donors (Lipinski definition) is 2. The van der Waals surface area contributed by atoms with Crippen LogP contribution in [0.3, 0.4) is 0 Å². The molecule has 1 heterocycles. The third-order valence-corrected chi connectivity index (χ3v) is 4.05. The molecule has 3 N–H and O–H groups in total. The van der Waals surface area contributed by atoms with Crippen molar-refractivity contribution in [3.63, 3.8) is 0 Å². The van der Waals surface area contributed by atoms with Crippen LogP contribution in [0.25, 0.3) is 0 Å². The number of piperidine rings is 1. The third kappa shape index (κ3) is 6.68. The van der Waals surface area contributed by atoms with Crippen LogP contribution >= 0.6 is 0 Å². The van der Waals surface area contributed by atoms with Gasteiger partial charge in [0.2, 0.25) is 5.91 Å². The lowest BCUT2D eigenvalue weighted by Gasteiger charge is -2.33. The summed E-state index contributed by atoms with van der Waals surface area (Å²) in [6.45, 7) is 7.42. The summed E-state index contributed by atoms with van der Waals surface area (Å²) in [5, 5.41) is 3.24. The molecule has 0 radical (unpaired) electrons. The predicted octanol–water partition coefficient (Wildman–Crippen LogP) is 0.504. The molecule has 1 amide bonds. The molecule has 1 fully saturated rings. The van der Waals surface area contributed by atoms with Crippen molar-refractivity contribution in [3.05, 3.63) is 0 Å². The van der Waals surface area contributed by atoms with Crippen LogP contribution in [0.5, 0.6) is 0 Å². The van der Waals surface area contributed by atoms with Gasteiger partial charge >= 0.3 is 0 Å². The highest BCUT2D eigenvalue weighted by Gasteiger charge is 2.21. The quantitative estimate of drug-likeness (QED) is 0.647. The monoisotopic (exact) mass is 284 g/mol. The average molecular weight is 284 g/mol.